The number of aryl methyl sites for hydroxylation is 1. The average molecular weight is 573 g/mol. The number of allylic oxidation sites excluding steroid dienone is 1. The molecule has 3 aromatic carbocycles. The molecule has 1 aliphatic rings. The van der Waals surface area contributed by atoms with Crippen molar-refractivity contribution in [2.75, 3.05) is 11.9 Å². The Morgan fingerprint density at radius 1 is 1.10 bits per heavy atom. The molecule has 0 saturated heterocycles. The average Bonchev–Trinajstić information content (AvgIpc) is 3.36. The van der Waals surface area contributed by atoms with E-state index in [0.717, 1.165) is 22.3 Å². The van der Waals surface area contributed by atoms with E-state index in [4.69, 9.17) is 31.2 Å². The predicted molar refractivity (Wildman–Crippen MR) is 159 cm³/mol. The maximum absolute atomic E-state index is 13.3. The van der Waals surface area contributed by atoms with Crippen LogP contribution >= 0.6 is 23.4 Å². The Hall–Kier alpha value is -4.01. The van der Waals surface area contributed by atoms with Crippen LogP contribution in [0.5, 0.6) is 5.75 Å². The molecule has 1 aromatic heterocycles. The number of hydrogen-bond acceptors (Lipinski definition) is 7. The number of rotatable bonds is 10. The van der Waals surface area contributed by atoms with Crippen LogP contribution in [0.1, 0.15) is 35.2 Å². The van der Waals surface area contributed by atoms with Crippen molar-refractivity contribution in [2.45, 2.75) is 37.4 Å². The fraction of sp³-hybridized carbons (Fsp3) is 0.194. The van der Waals surface area contributed by atoms with Gasteiger partial charge in [-0.15, -0.1) is 5.10 Å². The zero-order chi connectivity index (χ0) is 28.1. The summed E-state index contributed by atoms with van der Waals surface area (Å²) in [4.78, 5) is 18.0. The van der Waals surface area contributed by atoms with Crippen molar-refractivity contribution in [3.8, 4) is 5.75 Å². The van der Waals surface area contributed by atoms with Gasteiger partial charge >= 0.3 is 5.97 Å². The highest BCUT2D eigenvalue weighted by Gasteiger charge is 2.35. The lowest BCUT2D eigenvalue weighted by atomic mass is 9.95. The second-order valence-electron chi connectivity index (χ2n) is 9.28. The number of hydrogen-bond donors (Lipinski definition) is 1. The van der Waals surface area contributed by atoms with Gasteiger partial charge in [0, 0.05) is 16.5 Å². The van der Waals surface area contributed by atoms with Crippen molar-refractivity contribution in [2.24, 2.45) is 0 Å². The van der Waals surface area contributed by atoms with Crippen molar-refractivity contribution >= 4 is 35.3 Å². The van der Waals surface area contributed by atoms with Gasteiger partial charge in [0.05, 0.1) is 5.57 Å². The standard InChI is InChI=1S/C31H29ClN4O3S/c1-4-16-38-29(37)27-21(3)33-30-34-31(40-19-24-12-7-8-15-26(24)32)35-36(30)28(27)22-13-9-14-25(17-22)39-18-23-11-6-5-10-20(23)2/h4-15,17,28H,1,16,18-19H2,2-3H3,(H,33,34,35). The van der Waals surface area contributed by atoms with Gasteiger partial charge in [-0.05, 0) is 54.3 Å². The molecule has 1 aliphatic heterocycles. The zero-order valence-electron chi connectivity index (χ0n) is 22.3. The minimum absolute atomic E-state index is 0.102. The number of esters is 1. The molecule has 2 heterocycles. The Morgan fingerprint density at radius 2 is 1.88 bits per heavy atom. The monoisotopic (exact) mass is 572 g/mol. The van der Waals surface area contributed by atoms with Crippen LogP contribution in [0.4, 0.5) is 5.95 Å². The SMILES string of the molecule is C=CCOC(=O)C1=C(C)Nc2nc(SCc3ccccc3Cl)nn2C1c1cccc(OCc2ccccc2C)c1. The van der Waals surface area contributed by atoms with Gasteiger partial charge in [0.25, 0.3) is 0 Å². The number of carbonyl (C=O) groups excluding carboxylic acids is 1. The van der Waals surface area contributed by atoms with E-state index in [2.05, 4.69) is 31.0 Å². The van der Waals surface area contributed by atoms with E-state index < -0.39 is 12.0 Å². The molecule has 1 atom stereocenters. The molecule has 204 valence electrons. The maximum Gasteiger partial charge on any atom is 0.338 e. The third-order valence-corrected chi connectivity index (χ3v) is 7.78. The summed E-state index contributed by atoms with van der Waals surface area (Å²) in [6.45, 7) is 8.10. The number of anilines is 1. The number of aromatic nitrogens is 3. The Morgan fingerprint density at radius 3 is 2.65 bits per heavy atom. The van der Waals surface area contributed by atoms with E-state index >= 15 is 0 Å². The summed E-state index contributed by atoms with van der Waals surface area (Å²) in [5, 5.41) is 9.29. The number of thioether (sulfide) groups is 1. The second-order valence-corrected chi connectivity index (χ2v) is 10.6. The van der Waals surface area contributed by atoms with Crippen molar-refractivity contribution < 1.29 is 14.3 Å². The predicted octanol–water partition coefficient (Wildman–Crippen LogP) is 7.13. The molecule has 1 N–H and O–H groups in total. The van der Waals surface area contributed by atoms with E-state index in [1.165, 1.54) is 11.8 Å². The third kappa shape index (κ3) is 6.08. The molecule has 40 heavy (non-hydrogen) atoms. The van der Waals surface area contributed by atoms with Gasteiger partial charge in [-0.3, -0.25) is 0 Å². The number of nitrogens with zero attached hydrogens (tertiary/aromatic N) is 3. The lowest BCUT2D eigenvalue weighted by Crippen LogP contribution is -2.29. The van der Waals surface area contributed by atoms with Crippen molar-refractivity contribution in [3.63, 3.8) is 0 Å². The smallest absolute Gasteiger partial charge is 0.338 e. The summed E-state index contributed by atoms with van der Waals surface area (Å²) in [6, 6.07) is 23.0. The molecule has 7 nitrogen and oxygen atoms in total. The van der Waals surface area contributed by atoms with Crippen LogP contribution < -0.4 is 10.1 Å². The van der Waals surface area contributed by atoms with Gasteiger partial charge < -0.3 is 14.8 Å². The minimum Gasteiger partial charge on any atom is -0.489 e. The van der Waals surface area contributed by atoms with Crippen LogP contribution in [0.15, 0.2) is 102 Å². The van der Waals surface area contributed by atoms with E-state index in [1.807, 2.05) is 67.6 Å². The maximum atomic E-state index is 13.3. The first-order chi connectivity index (χ1) is 19.4. The lowest BCUT2D eigenvalue weighted by Gasteiger charge is -2.28. The van der Waals surface area contributed by atoms with Crippen LogP contribution in [-0.4, -0.2) is 27.3 Å². The highest BCUT2D eigenvalue weighted by molar-refractivity contribution is 7.98. The van der Waals surface area contributed by atoms with E-state index in [9.17, 15) is 4.79 Å². The Kier molecular flexibility index (Phi) is 8.57. The summed E-state index contributed by atoms with van der Waals surface area (Å²) in [5.41, 5.74) is 5.18. The molecule has 4 aromatic rings. The topological polar surface area (TPSA) is 78.3 Å². The molecule has 0 fully saturated rings. The summed E-state index contributed by atoms with van der Waals surface area (Å²) in [6.07, 6.45) is 1.55. The molecular weight excluding hydrogens is 544 g/mol. The van der Waals surface area contributed by atoms with E-state index in [1.54, 1.807) is 10.8 Å². The van der Waals surface area contributed by atoms with Gasteiger partial charge in [0.15, 0.2) is 0 Å². The van der Waals surface area contributed by atoms with Gasteiger partial charge in [0.2, 0.25) is 11.1 Å². The van der Waals surface area contributed by atoms with Gasteiger partial charge in [-0.2, -0.15) is 4.98 Å². The first-order valence-corrected chi connectivity index (χ1v) is 14.2. The van der Waals surface area contributed by atoms with Gasteiger partial charge in [-0.25, -0.2) is 9.48 Å². The van der Waals surface area contributed by atoms with Crippen molar-refractivity contribution in [3.05, 3.63) is 124 Å². The molecule has 0 amide bonds. The van der Waals surface area contributed by atoms with Gasteiger partial charge in [0.1, 0.15) is 25.0 Å². The quantitative estimate of drug-likeness (QED) is 0.123. The number of fused-ring (bicyclic) bond motifs is 1. The first kappa shape index (κ1) is 27.6. The Balaban J connectivity index is 1.47. The van der Waals surface area contributed by atoms with Crippen LogP contribution in [0, 0.1) is 6.92 Å². The van der Waals surface area contributed by atoms with Crippen LogP contribution in [-0.2, 0) is 21.9 Å². The van der Waals surface area contributed by atoms with Crippen molar-refractivity contribution in [1.29, 1.82) is 0 Å². The molecule has 0 spiro atoms. The van der Waals surface area contributed by atoms with Crippen molar-refractivity contribution in [1.82, 2.24) is 14.8 Å². The first-order valence-electron chi connectivity index (χ1n) is 12.8. The van der Waals surface area contributed by atoms with Gasteiger partial charge in [-0.1, -0.05) is 90.6 Å². The van der Waals surface area contributed by atoms with E-state index in [0.29, 0.717) is 45.5 Å². The fourth-order valence-corrected chi connectivity index (χ4v) is 5.56. The number of halogens is 1. The second kappa shape index (κ2) is 12.4. The number of carbonyl (C=O) groups is 1. The molecule has 0 bridgehead atoms. The molecule has 0 saturated carbocycles. The third-order valence-electron chi connectivity index (χ3n) is 6.53. The summed E-state index contributed by atoms with van der Waals surface area (Å²) in [7, 11) is 0. The minimum atomic E-state index is -0.572. The van der Waals surface area contributed by atoms with E-state index in [-0.39, 0.29) is 6.61 Å². The van der Waals surface area contributed by atoms with Crippen LogP contribution in [0.3, 0.4) is 0 Å². The molecule has 9 heteroatoms. The largest absolute Gasteiger partial charge is 0.489 e. The summed E-state index contributed by atoms with van der Waals surface area (Å²) in [5.74, 6) is 1.38. The number of nitrogens with one attached hydrogen (secondary N) is 1. The zero-order valence-corrected chi connectivity index (χ0v) is 23.8. The Labute approximate surface area is 242 Å². The number of benzene rings is 3. The van der Waals surface area contributed by atoms with Crippen LogP contribution in [0.25, 0.3) is 0 Å². The summed E-state index contributed by atoms with van der Waals surface area (Å²) < 4.78 is 13.4. The van der Waals surface area contributed by atoms with Crippen LogP contribution in [0.2, 0.25) is 5.02 Å². The number of ether oxygens (including phenoxy) is 2. The normalized spacial score (nSPS) is 14.3. The molecule has 5 rings (SSSR count). The highest BCUT2D eigenvalue weighted by atomic mass is 35.5. The Bertz CT molecular complexity index is 1580. The lowest BCUT2D eigenvalue weighted by molar-refractivity contribution is -0.138. The molecule has 1 unspecified atom stereocenters. The molecular formula is C31H29ClN4O3S. The molecule has 0 aliphatic carbocycles. The highest BCUT2D eigenvalue weighted by Crippen LogP contribution is 2.38. The fourth-order valence-electron chi connectivity index (χ4n) is 4.44. The summed E-state index contributed by atoms with van der Waals surface area (Å²) >= 11 is 7.82. The molecule has 0 radical (unpaired) electrons.